The first-order valence-electron chi connectivity index (χ1n) is 4.23. The van der Waals surface area contributed by atoms with Gasteiger partial charge in [-0.15, -0.1) is 0 Å². The Labute approximate surface area is 67.6 Å². The van der Waals surface area contributed by atoms with Gasteiger partial charge in [0.25, 0.3) is 0 Å². The van der Waals surface area contributed by atoms with Crippen molar-refractivity contribution < 1.29 is 4.39 Å². The van der Waals surface area contributed by atoms with Crippen LogP contribution in [0.15, 0.2) is 0 Å². The van der Waals surface area contributed by atoms with Crippen LogP contribution in [0.3, 0.4) is 0 Å². The third-order valence-electron chi connectivity index (χ3n) is 2.19. The van der Waals surface area contributed by atoms with Crippen LogP contribution in [0.5, 0.6) is 0 Å². The molecule has 1 saturated heterocycles. The first-order chi connectivity index (χ1) is 5.09. The largest absolute Gasteiger partial charge is 0.326 e. The summed E-state index contributed by atoms with van der Waals surface area (Å²) < 4.78 is 12.9. The number of likely N-dealkylation sites (tertiary alicyclic amines) is 1. The zero-order valence-electron chi connectivity index (χ0n) is 7.26. The van der Waals surface area contributed by atoms with E-state index in [1.165, 1.54) is 0 Å². The average Bonchev–Trinajstić information content (AvgIpc) is 1.85. The molecule has 11 heavy (non-hydrogen) atoms. The number of nitrogens with zero attached hydrogens (tertiary/aromatic N) is 1. The van der Waals surface area contributed by atoms with Gasteiger partial charge in [0, 0.05) is 25.2 Å². The molecule has 2 nitrogen and oxygen atoms in total. The van der Waals surface area contributed by atoms with Gasteiger partial charge in [-0.25, -0.2) is 4.39 Å². The fourth-order valence-electron chi connectivity index (χ4n) is 1.53. The molecule has 1 fully saturated rings. The van der Waals surface area contributed by atoms with Gasteiger partial charge in [0.15, 0.2) is 0 Å². The van der Waals surface area contributed by atoms with E-state index in [4.69, 9.17) is 5.73 Å². The minimum Gasteiger partial charge on any atom is -0.326 e. The maximum Gasteiger partial charge on any atom is 0.114 e. The molecule has 2 N–H and O–H groups in total. The van der Waals surface area contributed by atoms with E-state index in [1.54, 1.807) is 0 Å². The quantitative estimate of drug-likeness (QED) is 0.614. The Morgan fingerprint density at radius 2 is 2.09 bits per heavy atom. The Hall–Kier alpha value is -0.150. The van der Waals surface area contributed by atoms with Crippen molar-refractivity contribution in [3.05, 3.63) is 0 Å². The van der Waals surface area contributed by atoms with Gasteiger partial charge in [-0.2, -0.15) is 0 Å². The Morgan fingerprint density at radius 3 is 2.55 bits per heavy atom. The van der Waals surface area contributed by atoms with Gasteiger partial charge in [0.05, 0.1) is 0 Å². The first kappa shape index (κ1) is 8.94. The second kappa shape index (κ2) is 3.50. The maximum absolute atomic E-state index is 12.9. The number of hydrogen-bond donors (Lipinski definition) is 1. The number of alkyl halides is 1. The van der Waals surface area contributed by atoms with Crippen LogP contribution in [-0.4, -0.2) is 36.2 Å². The summed E-state index contributed by atoms with van der Waals surface area (Å²) in [7, 11) is 0. The molecule has 0 spiro atoms. The third kappa shape index (κ3) is 2.42. The molecular weight excluding hydrogens is 143 g/mol. The van der Waals surface area contributed by atoms with Gasteiger partial charge < -0.3 is 5.73 Å². The summed E-state index contributed by atoms with van der Waals surface area (Å²) in [6, 6.07) is 0.445. The zero-order valence-corrected chi connectivity index (χ0v) is 7.26. The van der Waals surface area contributed by atoms with E-state index in [1.807, 2.05) is 0 Å². The van der Waals surface area contributed by atoms with Gasteiger partial charge in [-0.05, 0) is 20.3 Å². The predicted octanol–water partition coefficient (Wildman–Crippen LogP) is 0.766. The number of nitrogens with two attached hydrogens (primary N) is 1. The van der Waals surface area contributed by atoms with E-state index in [-0.39, 0.29) is 6.04 Å². The number of hydrogen-bond acceptors (Lipinski definition) is 2. The molecule has 66 valence electrons. The van der Waals surface area contributed by atoms with Crippen LogP contribution in [0, 0.1) is 0 Å². The smallest absolute Gasteiger partial charge is 0.114 e. The Balaban J connectivity index is 2.43. The summed E-state index contributed by atoms with van der Waals surface area (Å²) in [6.07, 6.45) is -0.190. The molecule has 0 unspecified atom stereocenters. The van der Waals surface area contributed by atoms with E-state index in [9.17, 15) is 4.39 Å². The molecule has 1 rings (SSSR count). The van der Waals surface area contributed by atoms with Crippen molar-refractivity contribution in [2.75, 3.05) is 13.1 Å². The first-order valence-corrected chi connectivity index (χ1v) is 4.23. The van der Waals surface area contributed by atoms with Crippen LogP contribution in [0.4, 0.5) is 4.39 Å². The summed E-state index contributed by atoms with van der Waals surface area (Å²) in [6.45, 7) is 5.55. The molecule has 0 aromatic rings. The van der Waals surface area contributed by atoms with Crippen LogP contribution in [0.1, 0.15) is 20.3 Å². The summed E-state index contributed by atoms with van der Waals surface area (Å²) in [5.41, 5.74) is 5.67. The van der Waals surface area contributed by atoms with Gasteiger partial charge in [-0.1, -0.05) is 0 Å². The molecule has 1 aliphatic rings. The van der Waals surface area contributed by atoms with Crippen molar-refractivity contribution in [3.8, 4) is 0 Å². The van der Waals surface area contributed by atoms with Crippen molar-refractivity contribution in [3.63, 3.8) is 0 Å². The topological polar surface area (TPSA) is 29.3 Å². The fourth-order valence-corrected chi connectivity index (χ4v) is 1.53. The Bertz CT molecular complexity index is 117. The molecule has 0 bridgehead atoms. The lowest BCUT2D eigenvalue weighted by Crippen LogP contribution is -2.50. The fraction of sp³-hybridized carbons (Fsp3) is 1.00. The second-order valence-electron chi connectivity index (χ2n) is 3.64. The van der Waals surface area contributed by atoms with E-state index in [0.717, 1.165) is 6.54 Å². The number of piperidine rings is 1. The summed E-state index contributed by atoms with van der Waals surface area (Å²) >= 11 is 0. The summed E-state index contributed by atoms with van der Waals surface area (Å²) in [5, 5.41) is 0. The summed E-state index contributed by atoms with van der Waals surface area (Å²) in [4.78, 5) is 2.10. The molecule has 2 atom stereocenters. The van der Waals surface area contributed by atoms with Gasteiger partial charge >= 0.3 is 0 Å². The highest BCUT2D eigenvalue weighted by Gasteiger charge is 2.25. The standard InChI is InChI=1S/C8H17FN2/c1-6(2)11-4-7(9)3-8(10)5-11/h6-8H,3-5,10H2,1-2H3/t7-,8-/m1/s1. The normalized spacial score (nSPS) is 34.6. The van der Waals surface area contributed by atoms with Crippen molar-refractivity contribution in [1.82, 2.24) is 4.90 Å². The number of halogens is 1. The lowest BCUT2D eigenvalue weighted by molar-refractivity contribution is 0.0987. The molecule has 1 heterocycles. The lowest BCUT2D eigenvalue weighted by atomic mass is 10.0. The van der Waals surface area contributed by atoms with E-state index in [2.05, 4.69) is 18.7 Å². The molecule has 0 amide bonds. The van der Waals surface area contributed by atoms with Crippen LogP contribution in [-0.2, 0) is 0 Å². The third-order valence-corrected chi connectivity index (χ3v) is 2.19. The Morgan fingerprint density at radius 1 is 1.45 bits per heavy atom. The molecule has 1 aliphatic heterocycles. The second-order valence-corrected chi connectivity index (χ2v) is 3.64. The van der Waals surface area contributed by atoms with Crippen molar-refractivity contribution in [2.45, 2.75) is 38.5 Å². The highest BCUT2D eigenvalue weighted by molar-refractivity contribution is 4.82. The van der Waals surface area contributed by atoms with Gasteiger partial charge in [0.2, 0.25) is 0 Å². The zero-order chi connectivity index (χ0) is 8.43. The van der Waals surface area contributed by atoms with Gasteiger partial charge in [-0.3, -0.25) is 4.90 Å². The highest BCUT2D eigenvalue weighted by Crippen LogP contribution is 2.14. The van der Waals surface area contributed by atoms with Crippen LogP contribution < -0.4 is 5.73 Å². The monoisotopic (exact) mass is 160 g/mol. The molecule has 0 radical (unpaired) electrons. The SMILES string of the molecule is CC(C)N1C[C@H](N)C[C@@H](F)C1. The lowest BCUT2D eigenvalue weighted by Gasteiger charge is -2.35. The molecule has 0 aliphatic carbocycles. The van der Waals surface area contributed by atoms with Crippen LogP contribution in [0.25, 0.3) is 0 Å². The van der Waals surface area contributed by atoms with Crippen molar-refractivity contribution in [1.29, 1.82) is 0 Å². The molecule has 3 heteroatoms. The molecule has 0 aromatic carbocycles. The van der Waals surface area contributed by atoms with Crippen molar-refractivity contribution in [2.24, 2.45) is 5.73 Å². The molecular formula is C8H17FN2. The minimum absolute atomic E-state index is 0.0288. The van der Waals surface area contributed by atoms with E-state index >= 15 is 0 Å². The minimum atomic E-state index is -0.721. The van der Waals surface area contributed by atoms with Crippen LogP contribution >= 0.6 is 0 Å². The van der Waals surface area contributed by atoms with Crippen molar-refractivity contribution >= 4 is 0 Å². The van der Waals surface area contributed by atoms with E-state index < -0.39 is 6.17 Å². The molecule has 0 saturated carbocycles. The van der Waals surface area contributed by atoms with Gasteiger partial charge in [0.1, 0.15) is 6.17 Å². The number of rotatable bonds is 1. The average molecular weight is 160 g/mol. The summed E-state index contributed by atoms with van der Waals surface area (Å²) in [5.74, 6) is 0. The van der Waals surface area contributed by atoms with E-state index in [0.29, 0.717) is 19.0 Å². The van der Waals surface area contributed by atoms with Crippen LogP contribution in [0.2, 0.25) is 0 Å². The Kier molecular flexibility index (Phi) is 2.84. The highest BCUT2D eigenvalue weighted by atomic mass is 19.1. The predicted molar refractivity (Wildman–Crippen MR) is 44.2 cm³/mol. The molecule has 0 aromatic heterocycles. The maximum atomic E-state index is 12.9.